The third kappa shape index (κ3) is 4.26. The fraction of sp³-hybridized carbons (Fsp3) is 0.235. The van der Waals surface area contributed by atoms with Crippen molar-refractivity contribution in [1.82, 2.24) is 0 Å². The van der Waals surface area contributed by atoms with Gasteiger partial charge in [-0.1, -0.05) is 18.2 Å². The minimum atomic E-state index is 0.0619. The first-order chi connectivity index (χ1) is 10.2. The van der Waals surface area contributed by atoms with Crippen LogP contribution < -0.4 is 9.47 Å². The zero-order valence-electron chi connectivity index (χ0n) is 12.2. The molecule has 0 aliphatic carbocycles. The maximum atomic E-state index is 12.3. The van der Waals surface area contributed by atoms with Gasteiger partial charge in [-0.15, -0.1) is 11.8 Å². The summed E-state index contributed by atoms with van der Waals surface area (Å²) in [6.45, 7) is 2.46. The fourth-order valence-corrected chi connectivity index (χ4v) is 2.72. The highest BCUT2D eigenvalue weighted by atomic mass is 32.2. The van der Waals surface area contributed by atoms with Gasteiger partial charge in [0.2, 0.25) is 0 Å². The van der Waals surface area contributed by atoms with Gasteiger partial charge in [-0.3, -0.25) is 4.79 Å². The molecule has 21 heavy (non-hydrogen) atoms. The molecule has 0 unspecified atom stereocenters. The Bertz CT molecular complexity index is 610. The van der Waals surface area contributed by atoms with E-state index >= 15 is 0 Å². The minimum Gasteiger partial charge on any atom is -0.497 e. The van der Waals surface area contributed by atoms with Crippen LogP contribution in [-0.2, 0) is 0 Å². The Morgan fingerprint density at radius 1 is 1.14 bits per heavy atom. The van der Waals surface area contributed by atoms with Gasteiger partial charge in [0, 0.05) is 4.90 Å². The molecule has 0 saturated heterocycles. The molecular formula is C17H18O3S. The van der Waals surface area contributed by atoms with E-state index < -0.39 is 0 Å². The van der Waals surface area contributed by atoms with E-state index in [9.17, 15) is 4.79 Å². The van der Waals surface area contributed by atoms with E-state index in [0.29, 0.717) is 23.7 Å². The normalized spacial score (nSPS) is 10.2. The van der Waals surface area contributed by atoms with Gasteiger partial charge in [0.15, 0.2) is 5.78 Å². The van der Waals surface area contributed by atoms with Gasteiger partial charge in [0.05, 0.1) is 25.0 Å². The van der Waals surface area contributed by atoms with Crippen LogP contribution in [0.3, 0.4) is 0 Å². The summed E-state index contributed by atoms with van der Waals surface area (Å²) in [5.41, 5.74) is 0.634. The Morgan fingerprint density at radius 3 is 2.71 bits per heavy atom. The number of methoxy groups -OCH3 is 1. The molecule has 0 heterocycles. The first kappa shape index (κ1) is 15.4. The maximum absolute atomic E-state index is 12.3. The summed E-state index contributed by atoms with van der Waals surface area (Å²) in [5, 5.41) is 0. The molecule has 0 aliphatic rings. The van der Waals surface area contributed by atoms with Gasteiger partial charge in [-0.05, 0) is 37.3 Å². The number of hydrogen-bond donors (Lipinski definition) is 0. The van der Waals surface area contributed by atoms with Crippen molar-refractivity contribution in [3.8, 4) is 11.5 Å². The molecule has 0 N–H and O–H groups in total. The van der Waals surface area contributed by atoms with Gasteiger partial charge in [-0.25, -0.2) is 0 Å². The average Bonchev–Trinajstić information content (AvgIpc) is 2.53. The van der Waals surface area contributed by atoms with Crippen molar-refractivity contribution in [3.05, 3.63) is 54.1 Å². The Balaban J connectivity index is 2.04. The number of benzene rings is 2. The topological polar surface area (TPSA) is 35.5 Å². The maximum Gasteiger partial charge on any atom is 0.176 e. The second-order valence-electron chi connectivity index (χ2n) is 4.32. The second-order valence-corrected chi connectivity index (χ2v) is 5.37. The second kappa shape index (κ2) is 7.74. The number of thioether (sulfide) groups is 1. The highest BCUT2D eigenvalue weighted by molar-refractivity contribution is 8.00. The lowest BCUT2D eigenvalue weighted by Crippen LogP contribution is -2.06. The minimum absolute atomic E-state index is 0.0619. The van der Waals surface area contributed by atoms with Crippen LogP contribution in [-0.4, -0.2) is 25.3 Å². The quantitative estimate of drug-likeness (QED) is 0.570. The molecule has 110 valence electrons. The Hall–Kier alpha value is -1.94. The van der Waals surface area contributed by atoms with Crippen molar-refractivity contribution in [2.24, 2.45) is 0 Å². The van der Waals surface area contributed by atoms with Crippen molar-refractivity contribution in [3.63, 3.8) is 0 Å². The number of carbonyl (C=O) groups excluding carboxylic acids is 1. The van der Waals surface area contributed by atoms with Gasteiger partial charge in [0.1, 0.15) is 11.5 Å². The van der Waals surface area contributed by atoms with Crippen LogP contribution in [0.1, 0.15) is 17.3 Å². The molecule has 0 saturated carbocycles. The van der Waals surface area contributed by atoms with Crippen molar-refractivity contribution in [2.45, 2.75) is 11.8 Å². The molecular weight excluding hydrogens is 284 g/mol. The summed E-state index contributed by atoms with van der Waals surface area (Å²) in [6.07, 6.45) is 0. The predicted molar refractivity (Wildman–Crippen MR) is 85.7 cm³/mol. The smallest absolute Gasteiger partial charge is 0.176 e. The van der Waals surface area contributed by atoms with Gasteiger partial charge >= 0.3 is 0 Å². The number of Topliss-reactive ketones (excluding diaryl/α,β-unsaturated/α-hetero) is 1. The van der Waals surface area contributed by atoms with Crippen LogP contribution in [0.5, 0.6) is 11.5 Å². The van der Waals surface area contributed by atoms with E-state index in [2.05, 4.69) is 0 Å². The molecule has 0 bridgehead atoms. The Morgan fingerprint density at radius 2 is 1.95 bits per heavy atom. The Labute approximate surface area is 129 Å². The summed E-state index contributed by atoms with van der Waals surface area (Å²) in [6, 6.07) is 15.0. The molecule has 0 aromatic heterocycles. The summed E-state index contributed by atoms with van der Waals surface area (Å²) >= 11 is 1.49. The molecule has 0 radical (unpaired) electrons. The van der Waals surface area contributed by atoms with E-state index in [1.165, 1.54) is 11.8 Å². The molecule has 4 heteroatoms. The van der Waals surface area contributed by atoms with Crippen LogP contribution in [0.25, 0.3) is 0 Å². The number of ketones is 1. The summed E-state index contributed by atoms with van der Waals surface area (Å²) in [4.78, 5) is 13.3. The van der Waals surface area contributed by atoms with Gasteiger partial charge in [-0.2, -0.15) is 0 Å². The van der Waals surface area contributed by atoms with E-state index in [4.69, 9.17) is 9.47 Å². The third-order valence-corrected chi connectivity index (χ3v) is 3.89. The van der Waals surface area contributed by atoms with Crippen molar-refractivity contribution >= 4 is 17.5 Å². The summed E-state index contributed by atoms with van der Waals surface area (Å²) in [7, 11) is 1.63. The summed E-state index contributed by atoms with van der Waals surface area (Å²) in [5.74, 6) is 1.88. The van der Waals surface area contributed by atoms with Crippen LogP contribution >= 0.6 is 11.8 Å². The zero-order chi connectivity index (χ0) is 15.1. The average molecular weight is 302 g/mol. The van der Waals surface area contributed by atoms with Crippen molar-refractivity contribution in [1.29, 1.82) is 0 Å². The monoisotopic (exact) mass is 302 g/mol. The number of rotatable bonds is 7. The summed E-state index contributed by atoms with van der Waals surface area (Å²) < 4.78 is 10.7. The molecule has 0 fully saturated rings. The molecule has 2 aromatic rings. The number of carbonyl (C=O) groups is 1. The molecule has 2 aromatic carbocycles. The standard InChI is InChI=1S/C17H18O3S/c1-3-20-17-10-5-4-9-15(17)16(18)12-21-14-8-6-7-13(11-14)19-2/h4-11H,3,12H2,1-2H3. The van der Waals surface area contributed by atoms with Gasteiger partial charge < -0.3 is 9.47 Å². The highest BCUT2D eigenvalue weighted by Crippen LogP contribution is 2.25. The van der Waals surface area contributed by atoms with Gasteiger partial charge in [0.25, 0.3) is 0 Å². The SMILES string of the molecule is CCOc1ccccc1C(=O)CSc1cccc(OC)c1. The number of hydrogen-bond acceptors (Lipinski definition) is 4. The lowest BCUT2D eigenvalue weighted by Gasteiger charge is -2.09. The largest absolute Gasteiger partial charge is 0.497 e. The fourth-order valence-electron chi connectivity index (χ4n) is 1.90. The first-order valence-corrected chi connectivity index (χ1v) is 7.75. The lowest BCUT2D eigenvalue weighted by molar-refractivity contribution is 0.101. The molecule has 3 nitrogen and oxygen atoms in total. The predicted octanol–water partition coefficient (Wildman–Crippen LogP) is 4.07. The molecule has 0 atom stereocenters. The van der Waals surface area contributed by atoms with E-state index in [1.807, 2.05) is 49.4 Å². The number of ether oxygens (including phenoxy) is 2. The zero-order valence-corrected chi connectivity index (χ0v) is 13.0. The Kier molecular flexibility index (Phi) is 5.69. The first-order valence-electron chi connectivity index (χ1n) is 6.76. The highest BCUT2D eigenvalue weighted by Gasteiger charge is 2.12. The van der Waals surface area contributed by atoms with E-state index in [1.54, 1.807) is 13.2 Å². The van der Waals surface area contributed by atoms with Crippen LogP contribution in [0.2, 0.25) is 0 Å². The molecule has 0 aliphatic heterocycles. The number of para-hydroxylation sites is 1. The van der Waals surface area contributed by atoms with Crippen molar-refractivity contribution in [2.75, 3.05) is 19.5 Å². The van der Waals surface area contributed by atoms with Crippen LogP contribution in [0.4, 0.5) is 0 Å². The van der Waals surface area contributed by atoms with Crippen molar-refractivity contribution < 1.29 is 14.3 Å². The van der Waals surface area contributed by atoms with E-state index in [0.717, 1.165) is 10.6 Å². The molecule has 2 rings (SSSR count). The molecule has 0 amide bonds. The van der Waals surface area contributed by atoms with E-state index in [-0.39, 0.29) is 5.78 Å². The van der Waals surface area contributed by atoms with Crippen LogP contribution in [0.15, 0.2) is 53.4 Å². The van der Waals surface area contributed by atoms with Crippen LogP contribution in [0, 0.1) is 0 Å². The lowest BCUT2D eigenvalue weighted by atomic mass is 10.1. The third-order valence-electron chi connectivity index (χ3n) is 2.90. The molecule has 0 spiro atoms.